The number of rotatable bonds is 1. The Balaban J connectivity index is 0.000000371. The molecule has 0 aliphatic carbocycles. The van der Waals surface area contributed by atoms with Gasteiger partial charge in [-0.05, 0) is 0 Å². The molecule has 0 aromatic heterocycles. The van der Waals surface area contributed by atoms with Crippen molar-refractivity contribution < 1.29 is 9.53 Å². The SMILES string of the molecule is CC.CC(=O)OC1CNC1. The number of nitrogens with one attached hydrogen (secondary N) is 1. The summed E-state index contributed by atoms with van der Waals surface area (Å²) < 4.78 is 4.78. The highest BCUT2D eigenvalue weighted by Gasteiger charge is 2.18. The zero-order valence-electron chi connectivity index (χ0n) is 6.81. The first-order chi connectivity index (χ1) is 4.79. The lowest BCUT2D eigenvalue weighted by atomic mass is 10.2. The lowest BCUT2D eigenvalue weighted by Crippen LogP contribution is -2.49. The molecule has 1 fully saturated rings. The van der Waals surface area contributed by atoms with Crippen LogP contribution in [0.1, 0.15) is 20.8 Å². The van der Waals surface area contributed by atoms with Crippen LogP contribution in [-0.2, 0) is 9.53 Å². The lowest BCUT2D eigenvalue weighted by molar-refractivity contribution is -0.148. The maximum Gasteiger partial charge on any atom is 0.302 e. The van der Waals surface area contributed by atoms with Crippen molar-refractivity contribution in [1.82, 2.24) is 5.32 Å². The van der Waals surface area contributed by atoms with Crippen LogP contribution in [0.3, 0.4) is 0 Å². The maximum absolute atomic E-state index is 10.2. The summed E-state index contributed by atoms with van der Waals surface area (Å²) in [5, 5.41) is 2.99. The molecule has 1 saturated heterocycles. The summed E-state index contributed by atoms with van der Waals surface area (Å²) >= 11 is 0. The maximum atomic E-state index is 10.2. The van der Waals surface area contributed by atoms with Crippen LogP contribution in [-0.4, -0.2) is 25.2 Å². The van der Waals surface area contributed by atoms with Crippen LogP contribution in [0, 0.1) is 0 Å². The smallest absolute Gasteiger partial charge is 0.302 e. The fourth-order valence-corrected chi connectivity index (χ4v) is 0.580. The Bertz CT molecular complexity index is 99.8. The highest BCUT2D eigenvalue weighted by molar-refractivity contribution is 5.66. The van der Waals surface area contributed by atoms with Gasteiger partial charge in [-0.3, -0.25) is 4.79 Å². The van der Waals surface area contributed by atoms with Gasteiger partial charge >= 0.3 is 5.97 Å². The average Bonchev–Trinajstić information content (AvgIpc) is 1.84. The molecule has 0 aromatic rings. The average molecular weight is 145 g/mol. The third-order valence-electron chi connectivity index (χ3n) is 1.08. The monoisotopic (exact) mass is 145 g/mol. The molecule has 0 saturated carbocycles. The van der Waals surface area contributed by atoms with Crippen molar-refractivity contribution >= 4 is 5.97 Å². The van der Waals surface area contributed by atoms with E-state index >= 15 is 0 Å². The molecule has 1 aliphatic heterocycles. The van der Waals surface area contributed by atoms with Gasteiger partial charge in [0.15, 0.2) is 0 Å². The summed E-state index contributed by atoms with van der Waals surface area (Å²) in [7, 11) is 0. The summed E-state index contributed by atoms with van der Waals surface area (Å²) in [6.07, 6.45) is 0.146. The summed E-state index contributed by atoms with van der Waals surface area (Å²) in [4.78, 5) is 10.2. The zero-order chi connectivity index (χ0) is 7.98. The van der Waals surface area contributed by atoms with Gasteiger partial charge in [0.2, 0.25) is 0 Å². The van der Waals surface area contributed by atoms with E-state index in [0.29, 0.717) is 0 Å². The van der Waals surface area contributed by atoms with E-state index in [-0.39, 0.29) is 12.1 Å². The van der Waals surface area contributed by atoms with E-state index in [2.05, 4.69) is 5.32 Å². The molecule has 1 rings (SSSR count). The van der Waals surface area contributed by atoms with Gasteiger partial charge in [0, 0.05) is 20.0 Å². The highest BCUT2D eigenvalue weighted by atomic mass is 16.5. The van der Waals surface area contributed by atoms with E-state index in [9.17, 15) is 4.79 Å². The lowest BCUT2D eigenvalue weighted by Gasteiger charge is -2.25. The molecular formula is C7H15NO2. The van der Waals surface area contributed by atoms with Crippen molar-refractivity contribution in [1.29, 1.82) is 0 Å². The standard InChI is InChI=1S/C5H9NO2.C2H6/c1-4(7)8-5-2-6-3-5;1-2/h5-6H,2-3H2,1H3;1-2H3. The van der Waals surface area contributed by atoms with Gasteiger partial charge in [-0.1, -0.05) is 13.8 Å². The molecule has 0 spiro atoms. The number of carbonyl (C=O) groups is 1. The van der Waals surface area contributed by atoms with Crippen LogP contribution in [0.4, 0.5) is 0 Å². The summed E-state index contributed by atoms with van der Waals surface area (Å²) in [5.74, 6) is -0.184. The number of hydrogen-bond acceptors (Lipinski definition) is 3. The first-order valence-electron chi connectivity index (χ1n) is 3.67. The van der Waals surface area contributed by atoms with Crippen molar-refractivity contribution in [2.75, 3.05) is 13.1 Å². The molecule has 0 aromatic carbocycles. The zero-order valence-corrected chi connectivity index (χ0v) is 6.81. The van der Waals surface area contributed by atoms with Gasteiger partial charge in [0.25, 0.3) is 0 Å². The van der Waals surface area contributed by atoms with Gasteiger partial charge in [-0.15, -0.1) is 0 Å². The Kier molecular flexibility index (Phi) is 4.94. The van der Waals surface area contributed by atoms with Crippen LogP contribution >= 0.6 is 0 Å². The molecular weight excluding hydrogens is 130 g/mol. The van der Waals surface area contributed by atoms with E-state index in [1.165, 1.54) is 6.92 Å². The molecule has 1 aliphatic rings. The van der Waals surface area contributed by atoms with Gasteiger partial charge in [-0.25, -0.2) is 0 Å². The number of hydrogen-bond donors (Lipinski definition) is 1. The molecule has 0 bridgehead atoms. The molecule has 0 amide bonds. The van der Waals surface area contributed by atoms with Crippen LogP contribution in [0.2, 0.25) is 0 Å². The third kappa shape index (κ3) is 3.45. The Morgan fingerprint density at radius 2 is 2.00 bits per heavy atom. The molecule has 10 heavy (non-hydrogen) atoms. The Hall–Kier alpha value is -0.570. The van der Waals surface area contributed by atoms with Gasteiger partial charge < -0.3 is 10.1 Å². The molecule has 1 heterocycles. The van der Waals surface area contributed by atoms with Crippen molar-refractivity contribution in [3.8, 4) is 0 Å². The van der Waals surface area contributed by atoms with E-state index in [0.717, 1.165) is 13.1 Å². The van der Waals surface area contributed by atoms with Crippen molar-refractivity contribution in [2.24, 2.45) is 0 Å². The molecule has 0 unspecified atom stereocenters. The Labute approximate surface area is 61.8 Å². The van der Waals surface area contributed by atoms with Gasteiger partial charge in [0.1, 0.15) is 6.10 Å². The van der Waals surface area contributed by atoms with Crippen LogP contribution in [0.25, 0.3) is 0 Å². The van der Waals surface area contributed by atoms with Crippen LogP contribution < -0.4 is 5.32 Å². The quantitative estimate of drug-likeness (QED) is 0.547. The third-order valence-corrected chi connectivity index (χ3v) is 1.08. The predicted molar refractivity (Wildman–Crippen MR) is 39.8 cm³/mol. The normalized spacial score (nSPS) is 16.3. The fraction of sp³-hybridized carbons (Fsp3) is 0.857. The molecule has 60 valence electrons. The second-order valence-electron chi connectivity index (χ2n) is 1.89. The van der Waals surface area contributed by atoms with Gasteiger partial charge in [0.05, 0.1) is 0 Å². The van der Waals surface area contributed by atoms with Crippen molar-refractivity contribution in [3.63, 3.8) is 0 Å². The fourth-order valence-electron chi connectivity index (χ4n) is 0.580. The highest BCUT2D eigenvalue weighted by Crippen LogP contribution is 1.96. The topological polar surface area (TPSA) is 38.3 Å². The number of ether oxygens (including phenoxy) is 1. The summed E-state index contributed by atoms with van der Waals surface area (Å²) in [6, 6.07) is 0. The van der Waals surface area contributed by atoms with E-state index in [1.807, 2.05) is 13.8 Å². The Morgan fingerprint density at radius 3 is 2.10 bits per heavy atom. The van der Waals surface area contributed by atoms with E-state index < -0.39 is 0 Å². The first kappa shape index (κ1) is 9.43. The van der Waals surface area contributed by atoms with Crippen molar-refractivity contribution in [2.45, 2.75) is 26.9 Å². The van der Waals surface area contributed by atoms with Crippen LogP contribution in [0.5, 0.6) is 0 Å². The Morgan fingerprint density at radius 1 is 1.50 bits per heavy atom. The number of esters is 1. The van der Waals surface area contributed by atoms with E-state index in [1.54, 1.807) is 0 Å². The molecule has 0 radical (unpaired) electrons. The largest absolute Gasteiger partial charge is 0.460 e. The molecule has 3 nitrogen and oxygen atoms in total. The summed E-state index contributed by atoms with van der Waals surface area (Å²) in [6.45, 7) is 7.07. The predicted octanol–water partition coefficient (Wildman–Crippen LogP) is 0.547. The minimum atomic E-state index is -0.184. The molecule has 0 atom stereocenters. The molecule has 3 heteroatoms. The first-order valence-corrected chi connectivity index (χ1v) is 3.67. The molecule has 1 N–H and O–H groups in total. The minimum Gasteiger partial charge on any atom is -0.460 e. The van der Waals surface area contributed by atoms with Crippen molar-refractivity contribution in [3.05, 3.63) is 0 Å². The summed E-state index contributed by atoms with van der Waals surface area (Å²) in [5.41, 5.74) is 0. The van der Waals surface area contributed by atoms with Gasteiger partial charge in [-0.2, -0.15) is 0 Å². The number of carbonyl (C=O) groups excluding carboxylic acids is 1. The van der Waals surface area contributed by atoms with E-state index in [4.69, 9.17) is 4.74 Å². The second kappa shape index (κ2) is 5.23. The second-order valence-corrected chi connectivity index (χ2v) is 1.89. The van der Waals surface area contributed by atoms with Crippen LogP contribution in [0.15, 0.2) is 0 Å². The minimum absolute atomic E-state index is 0.146.